The summed E-state index contributed by atoms with van der Waals surface area (Å²) < 4.78 is 5.24. The van der Waals surface area contributed by atoms with Crippen molar-refractivity contribution in [2.24, 2.45) is 0 Å². The summed E-state index contributed by atoms with van der Waals surface area (Å²) in [6, 6.07) is 25.9. The van der Waals surface area contributed by atoms with Crippen molar-refractivity contribution in [3.63, 3.8) is 0 Å². The minimum Gasteiger partial charge on any atom is -0.497 e. The average molecular weight is 405 g/mol. The first-order valence-corrected chi connectivity index (χ1v) is 11.0. The Morgan fingerprint density at radius 2 is 1.45 bits per heavy atom. The SMILES string of the molecule is COc1ccc(CCN(C)CCCN2c3ccccc3Sc3ccccc32)cc1. The molecule has 0 spiro atoms. The molecule has 3 aromatic rings. The number of methoxy groups -OCH3 is 1. The molecule has 150 valence electrons. The van der Waals surface area contributed by atoms with Crippen molar-refractivity contribution in [3.8, 4) is 5.75 Å². The molecule has 1 aliphatic rings. The monoisotopic (exact) mass is 404 g/mol. The molecule has 0 fully saturated rings. The predicted octanol–water partition coefficient (Wildman–Crippen LogP) is 5.86. The molecule has 0 bridgehead atoms. The fraction of sp³-hybridized carbons (Fsp3) is 0.280. The highest BCUT2D eigenvalue weighted by molar-refractivity contribution is 7.99. The van der Waals surface area contributed by atoms with Crippen LogP contribution in [0.5, 0.6) is 5.75 Å². The second kappa shape index (κ2) is 9.38. The van der Waals surface area contributed by atoms with Crippen LogP contribution in [0.15, 0.2) is 82.6 Å². The molecule has 0 saturated carbocycles. The minimum absolute atomic E-state index is 0.919. The lowest BCUT2D eigenvalue weighted by molar-refractivity contribution is 0.335. The van der Waals surface area contributed by atoms with Gasteiger partial charge in [0.25, 0.3) is 0 Å². The lowest BCUT2D eigenvalue weighted by Gasteiger charge is -2.33. The largest absolute Gasteiger partial charge is 0.497 e. The summed E-state index contributed by atoms with van der Waals surface area (Å²) >= 11 is 1.87. The summed E-state index contributed by atoms with van der Waals surface area (Å²) in [4.78, 5) is 7.61. The predicted molar refractivity (Wildman–Crippen MR) is 123 cm³/mol. The fourth-order valence-electron chi connectivity index (χ4n) is 3.74. The zero-order chi connectivity index (χ0) is 20.1. The van der Waals surface area contributed by atoms with E-state index in [1.54, 1.807) is 7.11 Å². The number of hydrogen-bond acceptors (Lipinski definition) is 4. The third-order valence-corrected chi connectivity index (χ3v) is 6.53. The lowest BCUT2D eigenvalue weighted by atomic mass is 10.1. The van der Waals surface area contributed by atoms with Gasteiger partial charge in [-0.2, -0.15) is 0 Å². The van der Waals surface area contributed by atoms with Crippen LogP contribution in [0.25, 0.3) is 0 Å². The van der Waals surface area contributed by atoms with Gasteiger partial charge < -0.3 is 14.5 Å². The number of para-hydroxylation sites is 2. The quantitative estimate of drug-likeness (QED) is 0.467. The molecule has 0 aliphatic carbocycles. The molecule has 0 N–H and O–H groups in total. The van der Waals surface area contributed by atoms with Crippen LogP contribution in [-0.4, -0.2) is 38.7 Å². The number of hydrogen-bond donors (Lipinski definition) is 0. The van der Waals surface area contributed by atoms with Crippen LogP contribution in [0.2, 0.25) is 0 Å². The highest BCUT2D eigenvalue weighted by Gasteiger charge is 2.22. The summed E-state index contributed by atoms with van der Waals surface area (Å²) in [6.45, 7) is 3.18. The Balaban J connectivity index is 1.33. The summed E-state index contributed by atoms with van der Waals surface area (Å²) in [5.41, 5.74) is 4.02. The Morgan fingerprint density at radius 1 is 0.828 bits per heavy atom. The summed E-state index contributed by atoms with van der Waals surface area (Å²) in [7, 11) is 3.93. The maximum absolute atomic E-state index is 5.24. The molecule has 0 atom stereocenters. The van der Waals surface area contributed by atoms with Crippen molar-refractivity contribution in [2.75, 3.05) is 38.7 Å². The van der Waals surface area contributed by atoms with Gasteiger partial charge in [-0.25, -0.2) is 0 Å². The van der Waals surface area contributed by atoms with Crippen molar-refractivity contribution < 1.29 is 4.74 Å². The van der Waals surface area contributed by atoms with Crippen LogP contribution in [-0.2, 0) is 6.42 Å². The van der Waals surface area contributed by atoms with Gasteiger partial charge in [-0.1, -0.05) is 48.2 Å². The van der Waals surface area contributed by atoms with E-state index in [9.17, 15) is 0 Å². The average Bonchev–Trinajstić information content (AvgIpc) is 2.77. The number of likely N-dealkylation sites (N-methyl/N-ethyl adjacent to an activating group) is 1. The summed E-state index contributed by atoms with van der Waals surface area (Å²) in [5.74, 6) is 0.919. The van der Waals surface area contributed by atoms with Crippen molar-refractivity contribution >= 4 is 23.1 Å². The Kier molecular flexibility index (Phi) is 6.43. The van der Waals surface area contributed by atoms with Gasteiger partial charge in [-0.3, -0.25) is 0 Å². The van der Waals surface area contributed by atoms with Crippen LogP contribution in [0.4, 0.5) is 11.4 Å². The molecule has 3 nitrogen and oxygen atoms in total. The van der Waals surface area contributed by atoms with E-state index >= 15 is 0 Å². The Hall–Kier alpha value is -2.43. The van der Waals surface area contributed by atoms with Crippen LogP contribution in [0, 0.1) is 0 Å². The van der Waals surface area contributed by atoms with Gasteiger partial charge in [0.2, 0.25) is 0 Å². The smallest absolute Gasteiger partial charge is 0.118 e. The maximum Gasteiger partial charge on any atom is 0.118 e. The van der Waals surface area contributed by atoms with E-state index in [2.05, 4.69) is 77.5 Å². The van der Waals surface area contributed by atoms with Crippen molar-refractivity contribution in [2.45, 2.75) is 22.6 Å². The molecular formula is C25H28N2OS. The van der Waals surface area contributed by atoms with E-state index < -0.39 is 0 Å². The first-order valence-electron chi connectivity index (χ1n) is 10.2. The molecule has 0 aromatic heterocycles. The van der Waals surface area contributed by atoms with Crippen molar-refractivity contribution in [1.29, 1.82) is 0 Å². The first-order chi connectivity index (χ1) is 14.2. The van der Waals surface area contributed by atoms with Gasteiger partial charge in [-0.15, -0.1) is 0 Å². The van der Waals surface area contributed by atoms with Gasteiger partial charge in [0.1, 0.15) is 5.75 Å². The number of rotatable bonds is 8. The molecule has 29 heavy (non-hydrogen) atoms. The molecule has 0 unspecified atom stereocenters. The van der Waals surface area contributed by atoms with Crippen LogP contribution in [0.3, 0.4) is 0 Å². The van der Waals surface area contributed by atoms with Crippen LogP contribution >= 0.6 is 11.8 Å². The zero-order valence-electron chi connectivity index (χ0n) is 17.2. The molecule has 3 aromatic carbocycles. The second-order valence-electron chi connectivity index (χ2n) is 7.44. The molecule has 0 amide bonds. The van der Waals surface area contributed by atoms with E-state index in [0.29, 0.717) is 0 Å². The van der Waals surface area contributed by atoms with Gasteiger partial charge in [0.05, 0.1) is 18.5 Å². The molecule has 0 saturated heterocycles. The number of anilines is 2. The number of benzene rings is 3. The Morgan fingerprint density at radius 3 is 2.07 bits per heavy atom. The lowest BCUT2D eigenvalue weighted by Crippen LogP contribution is -2.28. The Bertz CT molecular complexity index is 896. The van der Waals surface area contributed by atoms with Crippen molar-refractivity contribution in [3.05, 3.63) is 78.4 Å². The van der Waals surface area contributed by atoms with Crippen LogP contribution in [0.1, 0.15) is 12.0 Å². The zero-order valence-corrected chi connectivity index (χ0v) is 18.0. The molecule has 1 aliphatic heterocycles. The van der Waals surface area contributed by atoms with E-state index in [1.165, 1.54) is 26.7 Å². The third-order valence-electron chi connectivity index (χ3n) is 5.39. The highest BCUT2D eigenvalue weighted by atomic mass is 32.2. The first kappa shape index (κ1) is 19.9. The Labute approximate surface area is 178 Å². The third kappa shape index (κ3) is 4.77. The molecular weight excluding hydrogens is 376 g/mol. The standard InChI is InChI=1S/C25H28N2OS/c1-26(19-16-20-12-14-21(28-2)15-13-20)17-7-18-27-22-8-3-5-10-24(22)29-25-11-6-4-9-23(25)27/h3-6,8-15H,7,16-19H2,1-2H3. The summed E-state index contributed by atoms with van der Waals surface area (Å²) in [6.07, 6.45) is 2.19. The number of nitrogens with zero attached hydrogens (tertiary/aromatic N) is 2. The van der Waals surface area contributed by atoms with Gasteiger partial charge in [0, 0.05) is 22.9 Å². The summed E-state index contributed by atoms with van der Waals surface area (Å²) in [5, 5.41) is 0. The van der Waals surface area contributed by atoms with E-state index in [4.69, 9.17) is 4.74 Å². The second-order valence-corrected chi connectivity index (χ2v) is 8.53. The molecule has 0 radical (unpaired) electrons. The number of ether oxygens (including phenoxy) is 1. The topological polar surface area (TPSA) is 15.7 Å². The van der Waals surface area contributed by atoms with Crippen molar-refractivity contribution in [1.82, 2.24) is 4.90 Å². The highest BCUT2D eigenvalue weighted by Crippen LogP contribution is 2.47. The number of fused-ring (bicyclic) bond motifs is 2. The molecule has 1 heterocycles. The normalized spacial score (nSPS) is 12.6. The molecule has 4 heteroatoms. The van der Waals surface area contributed by atoms with Crippen LogP contribution < -0.4 is 9.64 Å². The molecule has 4 rings (SSSR count). The maximum atomic E-state index is 5.24. The van der Waals surface area contributed by atoms with Gasteiger partial charge >= 0.3 is 0 Å². The fourth-order valence-corrected chi connectivity index (χ4v) is 4.84. The van der Waals surface area contributed by atoms with Gasteiger partial charge in [-0.05, 0) is 68.4 Å². The van der Waals surface area contributed by atoms with E-state index in [1.807, 2.05) is 23.9 Å². The minimum atomic E-state index is 0.919. The van der Waals surface area contributed by atoms with E-state index in [0.717, 1.165) is 38.2 Å². The van der Waals surface area contributed by atoms with Gasteiger partial charge in [0.15, 0.2) is 0 Å². The van der Waals surface area contributed by atoms with E-state index in [-0.39, 0.29) is 0 Å².